The van der Waals surface area contributed by atoms with Gasteiger partial charge < -0.3 is 18.9 Å². The first-order valence-corrected chi connectivity index (χ1v) is 7.38. The third-order valence-electron chi connectivity index (χ3n) is 2.85. The number of terminal acetylenes is 1. The van der Waals surface area contributed by atoms with E-state index in [1.807, 2.05) is 20.8 Å². The first kappa shape index (κ1) is 19.9. The molecule has 0 saturated heterocycles. The van der Waals surface area contributed by atoms with Crippen molar-refractivity contribution in [2.24, 2.45) is 5.41 Å². The Hall–Kier alpha value is -1.09. The van der Waals surface area contributed by atoms with Gasteiger partial charge in [0.25, 0.3) is 0 Å². The third kappa shape index (κ3) is 11.3. The molecule has 0 aromatic carbocycles. The highest BCUT2D eigenvalue weighted by Crippen LogP contribution is 2.24. The van der Waals surface area contributed by atoms with E-state index in [2.05, 4.69) is 5.92 Å². The average molecular weight is 300 g/mol. The van der Waals surface area contributed by atoms with E-state index in [-0.39, 0.29) is 5.97 Å². The fourth-order valence-electron chi connectivity index (χ4n) is 1.62. The van der Waals surface area contributed by atoms with Crippen LogP contribution in [0.1, 0.15) is 33.6 Å². The predicted molar refractivity (Wildman–Crippen MR) is 80.9 cm³/mol. The van der Waals surface area contributed by atoms with Crippen molar-refractivity contribution in [1.82, 2.24) is 0 Å². The molecular weight excluding hydrogens is 272 g/mol. The fraction of sp³-hybridized carbons (Fsp3) is 0.812. The smallest absolute Gasteiger partial charge is 0.311 e. The summed E-state index contributed by atoms with van der Waals surface area (Å²) in [7, 11) is 0. The van der Waals surface area contributed by atoms with Crippen LogP contribution in [0.2, 0.25) is 0 Å². The minimum absolute atomic E-state index is 0.152. The van der Waals surface area contributed by atoms with Crippen LogP contribution in [0, 0.1) is 17.8 Å². The maximum Gasteiger partial charge on any atom is 0.311 e. The van der Waals surface area contributed by atoms with Crippen LogP contribution in [-0.4, -0.2) is 52.2 Å². The Morgan fingerprint density at radius 1 is 1.05 bits per heavy atom. The van der Waals surface area contributed by atoms with Gasteiger partial charge in [0.1, 0.15) is 6.61 Å². The second-order valence-corrected chi connectivity index (χ2v) is 5.19. The van der Waals surface area contributed by atoms with Gasteiger partial charge in [-0.05, 0) is 33.6 Å². The molecule has 0 heterocycles. The SMILES string of the molecule is C#CCOCCOCCOCCCC(C)(C)C(=O)OCC. The van der Waals surface area contributed by atoms with Crippen molar-refractivity contribution in [3.8, 4) is 12.3 Å². The normalized spacial score (nSPS) is 11.1. The fourth-order valence-corrected chi connectivity index (χ4v) is 1.62. The van der Waals surface area contributed by atoms with Gasteiger partial charge in [0, 0.05) is 6.61 Å². The second kappa shape index (κ2) is 12.6. The van der Waals surface area contributed by atoms with Crippen molar-refractivity contribution in [3.05, 3.63) is 0 Å². The van der Waals surface area contributed by atoms with Gasteiger partial charge in [0.2, 0.25) is 0 Å². The molecule has 0 saturated carbocycles. The largest absolute Gasteiger partial charge is 0.466 e. The Kier molecular flexibility index (Phi) is 12.0. The highest BCUT2D eigenvalue weighted by molar-refractivity contribution is 5.75. The lowest BCUT2D eigenvalue weighted by Gasteiger charge is -2.21. The molecule has 0 aliphatic carbocycles. The maximum absolute atomic E-state index is 11.7. The van der Waals surface area contributed by atoms with Gasteiger partial charge in [0.05, 0.1) is 38.4 Å². The zero-order chi connectivity index (χ0) is 16.0. The van der Waals surface area contributed by atoms with Gasteiger partial charge >= 0.3 is 5.97 Å². The number of ether oxygens (including phenoxy) is 4. The van der Waals surface area contributed by atoms with Crippen LogP contribution < -0.4 is 0 Å². The summed E-state index contributed by atoms with van der Waals surface area (Å²) in [6, 6.07) is 0. The van der Waals surface area contributed by atoms with Gasteiger partial charge in [0.15, 0.2) is 0 Å². The van der Waals surface area contributed by atoms with E-state index in [1.165, 1.54) is 0 Å². The Morgan fingerprint density at radius 3 is 2.19 bits per heavy atom. The predicted octanol–water partition coefficient (Wildman–Crippen LogP) is 2.04. The molecule has 0 aliphatic heterocycles. The van der Waals surface area contributed by atoms with E-state index >= 15 is 0 Å². The van der Waals surface area contributed by atoms with Crippen molar-refractivity contribution in [2.45, 2.75) is 33.6 Å². The summed E-state index contributed by atoms with van der Waals surface area (Å²) < 4.78 is 20.8. The summed E-state index contributed by atoms with van der Waals surface area (Å²) in [4.78, 5) is 11.7. The Bertz CT molecular complexity index is 306. The Labute approximate surface area is 128 Å². The second-order valence-electron chi connectivity index (χ2n) is 5.19. The molecule has 0 atom stereocenters. The molecule has 0 spiro atoms. The van der Waals surface area contributed by atoms with Gasteiger partial charge in [-0.15, -0.1) is 6.42 Å². The molecule has 0 aromatic rings. The molecule has 0 amide bonds. The molecule has 0 radical (unpaired) electrons. The average Bonchev–Trinajstić information content (AvgIpc) is 2.45. The van der Waals surface area contributed by atoms with Gasteiger partial charge in [-0.2, -0.15) is 0 Å². The van der Waals surface area contributed by atoms with Crippen molar-refractivity contribution >= 4 is 5.97 Å². The van der Waals surface area contributed by atoms with Crippen LogP contribution in [0.25, 0.3) is 0 Å². The van der Waals surface area contributed by atoms with Crippen LogP contribution in [0.3, 0.4) is 0 Å². The molecule has 0 unspecified atom stereocenters. The quantitative estimate of drug-likeness (QED) is 0.296. The summed E-state index contributed by atoms with van der Waals surface area (Å²) in [6.45, 7) is 9.02. The Morgan fingerprint density at radius 2 is 1.62 bits per heavy atom. The summed E-state index contributed by atoms with van der Waals surface area (Å²) in [5, 5.41) is 0. The van der Waals surface area contributed by atoms with E-state index in [9.17, 15) is 4.79 Å². The highest BCUT2D eigenvalue weighted by Gasteiger charge is 2.28. The monoisotopic (exact) mass is 300 g/mol. The minimum Gasteiger partial charge on any atom is -0.466 e. The van der Waals surface area contributed by atoms with E-state index < -0.39 is 5.41 Å². The molecule has 122 valence electrons. The lowest BCUT2D eigenvalue weighted by Crippen LogP contribution is -2.27. The summed E-state index contributed by atoms with van der Waals surface area (Å²) in [6.07, 6.45) is 6.60. The van der Waals surface area contributed by atoms with Gasteiger partial charge in [-0.25, -0.2) is 0 Å². The highest BCUT2D eigenvalue weighted by atomic mass is 16.5. The number of esters is 1. The molecule has 0 bridgehead atoms. The molecule has 21 heavy (non-hydrogen) atoms. The molecule has 5 heteroatoms. The van der Waals surface area contributed by atoms with Crippen LogP contribution in [0.4, 0.5) is 0 Å². The summed E-state index contributed by atoms with van der Waals surface area (Å²) in [5.74, 6) is 2.23. The van der Waals surface area contributed by atoms with Gasteiger partial charge in [-0.3, -0.25) is 4.79 Å². The van der Waals surface area contributed by atoms with E-state index in [4.69, 9.17) is 25.4 Å². The van der Waals surface area contributed by atoms with E-state index in [0.29, 0.717) is 46.2 Å². The maximum atomic E-state index is 11.7. The van der Waals surface area contributed by atoms with Crippen LogP contribution in [0.5, 0.6) is 0 Å². The van der Waals surface area contributed by atoms with Crippen molar-refractivity contribution in [3.63, 3.8) is 0 Å². The Balaban J connectivity index is 3.40. The third-order valence-corrected chi connectivity index (χ3v) is 2.85. The molecular formula is C16H28O5. The lowest BCUT2D eigenvalue weighted by molar-refractivity contribution is -0.154. The summed E-state index contributed by atoms with van der Waals surface area (Å²) >= 11 is 0. The molecule has 0 rings (SSSR count). The molecule has 0 aromatic heterocycles. The summed E-state index contributed by atoms with van der Waals surface area (Å²) in [5.41, 5.74) is -0.454. The molecule has 5 nitrogen and oxygen atoms in total. The van der Waals surface area contributed by atoms with Crippen molar-refractivity contribution < 1.29 is 23.7 Å². The number of carbonyl (C=O) groups excluding carboxylic acids is 1. The first-order chi connectivity index (χ1) is 10.0. The van der Waals surface area contributed by atoms with Crippen LogP contribution >= 0.6 is 0 Å². The zero-order valence-corrected chi connectivity index (χ0v) is 13.5. The van der Waals surface area contributed by atoms with E-state index in [0.717, 1.165) is 12.8 Å². The van der Waals surface area contributed by atoms with E-state index in [1.54, 1.807) is 0 Å². The number of carbonyl (C=O) groups is 1. The lowest BCUT2D eigenvalue weighted by atomic mass is 9.88. The topological polar surface area (TPSA) is 54.0 Å². The standard InChI is InChI=1S/C16H28O5/c1-5-9-18-11-13-20-14-12-19-10-7-8-16(3,4)15(17)21-6-2/h1H,6-14H2,2-4H3. The molecule has 0 N–H and O–H groups in total. The number of rotatable bonds is 13. The zero-order valence-electron chi connectivity index (χ0n) is 13.5. The molecule has 0 aliphatic rings. The number of hydrogen-bond donors (Lipinski definition) is 0. The van der Waals surface area contributed by atoms with Crippen LogP contribution in [0.15, 0.2) is 0 Å². The molecule has 0 fully saturated rings. The van der Waals surface area contributed by atoms with Crippen LogP contribution in [-0.2, 0) is 23.7 Å². The number of hydrogen-bond acceptors (Lipinski definition) is 5. The van der Waals surface area contributed by atoms with Crippen molar-refractivity contribution in [2.75, 3.05) is 46.2 Å². The first-order valence-electron chi connectivity index (χ1n) is 7.38. The van der Waals surface area contributed by atoms with Gasteiger partial charge in [-0.1, -0.05) is 5.92 Å². The van der Waals surface area contributed by atoms with Crippen molar-refractivity contribution in [1.29, 1.82) is 0 Å². The minimum atomic E-state index is -0.454.